The van der Waals surface area contributed by atoms with Crippen LogP contribution in [-0.2, 0) is 4.79 Å². The molecule has 0 fully saturated rings. The van der Waals surface area contributed by atoms with Crippen molar-refractivity contribution in [1.82, 2.24) is 5.32 Å². The third-order valence-electron chi connectivity index (χ3n) is 1.58. The van der Waals surface area contributed by atoms with Crippen LogP contribution in [-0.4, -0.2) is 11.9 Å². The fourth-order valence-corrected chi connectivity index (χ4v) is 0.648. The summed E-state index contributed by atoms with van der Waals surface area (Å²) in [7, 11) is 0. The summed E-state index contributed by atoms with van der Waals surface area (Å²) >= 11 is 0. The monoisotopic (exact) mass is 171 g/mol. The van der Waals surface area contributed by atoms with Gasteiger partial charge in [0.25, 0.3) is 0 Å². The van der Waals surface area contributed by atoms with Gasteiger partial charge in [0.05, 0.1) is 12.6 Å². The van der Waals surface area contributed by atoms with Gasteiger partial charge < -0.3 is 11.1 Å². The van der Waals surface area contributed by atoms with E-state index in [0.29, 0.717) is 5.92 Å². The molecule has 3 heteroatoms. The van der Waals surface area contributed by atoms with Crippen LogP contribution in [0.15, 0.2) is 0 Å². The lowest BCUT2D eigenvalue weighted by molar-refractivity contribution is -0.122. The van der Waals surface area contributed by atoms with Gasteiger partial charge in [-0.15, -0.1) is 0 Å². The second-order valence-corrected chi connectivity index (χ2v) is 3.69. The quantitative estimate of drug-likeness (QED) is 0.660. The number of hydrogen-bond donors (Lipinski definition) is 2. The van der Waals surface area contributed by atoms with Crippen molar-refractivity contribution in [3.8, 4) is 0 Å². The van der Waals surface area contributed by atoms with Gasteiger partial charge in [0.2, 0.25) is 5.91 Å². The van der Waals surface area contributed by atoms with Crippen LogP contribution >= 0.6 is 0 Å². The maximum absolute atomic E-state index is 11.2. The Morgan fingerprint density at radius 1 is 1.33 bits per heavy atom. The van der Waals surface area contributed by atoms with Crippen LogP contribution in [0.1, 0.15) is 27.7 Å². The summed E-state index contributed by atoms with van der Waals surface area (Å²) in [4.78, 5) is 11.2. The Morgan fingerprint density at radius 2 is 1.83 bits per heavy atom. The lowest BCUT2D eigenvalue weighted by atomic mass is 10.0. The number of amides is 1. The normalized spacial score (nSPS) is 13.6. The Morgan fingerprint density at radius 3 is 2.17 bits per heavy atom. The fraction of sp³-hybridized carbons (Fsp3) is 0.778. The molecule has 0 aromatic rings. The van der Waals surface area contributed by atoms with Crippen molar-refractivity contribution >= 4 is 5.91 Å². The molecule has 3 N–H and O–H groups in total. The SMILES string of the molecule is CC(C)[CH]NC(=O)C(N)C(C)C. The van der Waals surface area contributed by atoms with Crippen LogP contribution in [0, 0.1) is 18.4 Å². The summed E-state index contributed by atoms with van der Waals surface area (Å²) in [5, 5.41) is 2.67. The summed E-state index contributed by atoms with van der Waals surface area (Å²) in [6, 6.07) is -0.403. The molecule has 0 aliphatic carbocycles. The minimum Gasteiger partial charge on any atom is -0.350 e. The average molecular weight is 171 g/mol. The van der Waals surface area contributed by atoms with E-state index in [1.807, 2.05) is 27.7 Å². The van der Waals surface area contributed by atoms with Crippen LogP contribution in [0.2, 0.25) is 0 Å². The summed E-state index contributed by atoms with van der Waals surface area (Å²) < 4.78 is 0. The van der Waals surface area contributed by atoms with Gasteiger partial charge in [-0.1, -0.05) is 27.7 Å². The first-order valence-corrected chi connectivity index (χ1v) is 4.34. The van der Waals surface area contributed by atoms with Crippen LogP contribution in [0.3, 0.4) is 0 Å². The molecule has 0 saturated carbocycles. The van der Waals surface area contributed by atoms with Crippen molar-refractivity contribution < 1.29 is 4.79 Å². The second kappa shape index (κ2) is 5.14. The number of carbonyl (C=O) groups is 1. The van der Waals surface area contributed by atoms with Crippen molar-refractivity contribution in [3.05, 3.63) is 6.54 Å². The first kappa shape index (κ1) is 11.4. The first-order valence-electron chi connectivity index (χ1n) is 4.34. The molecular weight excluding hydrogens is 152 g/mol. The maximum Gasteiger partial charge on any atom is 0.237 e. The molecule has 0 heterocycles. The molecule has 1 radical (unpaired) electrons. The minimum atomic E-state index is -0.403. The van der Waals surface area contributed by atoms with Gasteiger partial charge >= 0.3 is 0 Å². The lowest BCUT2D eigenvalue weighted by Gasteiger charge is -2.15. The van der Waals surface area contributed by atoms with Gasteiger partial charge in [0.15, 0.2) is 0 Å². The van der Waals surface area contributed by atoms with E-state index in [9.17, 15) is 4.79 Å². The molecule has 0 aliphatic heterocycles. The summed E-state index contributed by atoms with van der Waals surface area (Å²) in [5.74, 6) is 0.442. The van der Waals surface area contributed by atoms with Gasteiger partial charge in [0, 0.05) is 0 Å². The highest BCUT2D eigenvalue weighted by Crippen LogP contribution is 1.99. The molecule has 0 spiro atoms. The van der Waals surface area contributed by atoms with Crippen molar-refractivity contribution in [2.24, 2.45) is 17.6 Å². The highest BCUT2D eigenvalue weighted by atomic mass is 16.2. The molecule has 0 aromatic heterocycles. The largest absolute Gasteiger partial charge is 0.350 e. The van der Waals surface area contributed by atoms with Crippen molar-refractivity contribution in [2.45, 2.75) is 33.7 Å². The highest BCUT2D eigenvalue weighted by Gasteiger charge is 2.16. The Kier molecular flexibility index (Phi) is 4.90. The Labute approximate surface area is 74.7 Å². The van der Waals surface area contributed by atoms with E-state index in [2.05, 4.69) is 5.32 Å². The van der Waals surface area contributed by atoms with Crippen molar-refractivity contribution in [3.63, 3.8) is 0 Å². The molecule has 1 atom stereocenters. The molecule has 71 valence electrons. The minimum absolute atomic E-state index is 0.0984. The molecule has 0 aliphatic rings. The molecule has 0 bridgehead atoms. The molecule has 3 nitrogen and oxygen atoms in total. The van der Waals surface area contributed by atoms with Gasteiger partial charge in [0.1, 0.15) is 0 Å². The van der Waals surface area contributed by atoms with E-state index < -0.39 is 6.04 Å². The van der Waals surface area contributed by atoms with Gasteiger partial charge in [-0.2, -0.15) is 0 Å². The van der Waals surface area contributed by atoms with E-state index in [4.69, 9.17) is 5.73 Å². The fourth-order valence-electron chi connectivity index (χ4n) is 0.648. The van der Waals surface area contributed by atoms with Crippen LogP contribution in [0.4, 0.5) is 0 Å². The van der Waals surface area contributed by atoms with Gasteiger partial charge in [-0.05, 0) is 11.8 Å². The van der Waals surface area contributed by atoms with Gasteiger partial charge in [-0.3, -0.25) is 4.79 Å². The number of carbonyl (C=O) groups excluding carboxylic acids is 1. The molecule has 12 heavy (non-hydrogen) atoms. The van der Waals surface area contributed by atoms with Crippen molar-refractivity contribution in [2.75, 3.05) is 0 Å². The predicted molar refractivity (Wildman–Crippen MR) is 50.1 cm³/mol. The number of nitrogens with two attached hydrogens (primary N) is 1. The molecular formula is C9H19N2O. The van der Waals surface area contributed by atoms with Gasteiger partial charge in [-0.25, -0.2) is 0 Å². The summed E-state index contributed by atoms with van der Waals surface area (Å²) in [5.41, 5.74) is 5.61. The van der Waals surface area contributed by atoms with E-state index in [1.165, 1.54) is 0 Å². The third kappa shape index (κ3) is 4.34. The zero-order chi connectivity index (χ0) is 9.72. The smallest absolute Gasteiger partial charge is 0.237 e. The topological polar surface area (TPSA) is 55.1 Å². The number of rotatable bonds is 4. The highest BCUT2D eigenvalue weighted by molar-refractivity contribution is 5.82. The number of hydrogen-bond acceptors (Lipinski definition) is 2. The Bertz CT molecular complexity index is 143. The number of nitrogens with one attached hydrogen (secondary N) is 1. The van der Waals surface area contributed by atoms with E-state index in [0.717, 1.165) is 0 Å². The zero-order valence-electron chi connectivity index (χ0n) is 8.29. The molecule has 0 saturated heterocycles. The first-order chi connectivity index (χ1) is 5.45. The standard InChI is InChI=1S/C9H19N2O/c1-6(2)5-11-9(12)8(10)7(3)4/h5-8H,10H2,1-4H3,(H,11,12). The molecule has 0 rings (SSSR count). The Balaban J connectivity index is 3.72. The summed E-state index contributed by atoms with van der Waals surface area (Å²) in [6.45, 7) is 9.62. The van der Waals surface area contributed by atoms with Crippen LogP contribution in [0.5, 0.6) is 0 Å². The van der Waals surface area contributed by atoms with Crippen molar-refractivity contribution in [1.29, 1.82) is 0 Å². The molecule has 0 aromatic carbocycles. The summed E-state index contributed by atoms with van der Waals surface area (Å²) in [6.07, 6.45) is 0. The van der Waals surface area contributed by atoms with E-state index >= 15 is 0 Å². The average Bonchev–Trinajstić information content (AvgIpc) is 1.98. The predicted octanol–water partition coefficient (Wildman–Crippen LogP) is 0.904. The van der Waals surface area contributed by atoms with E-state index in [1.54, 1.807) is 6.54 Å². The van der Waals surface area contributed by atoms with Crippen LogP contribution < -0.4 is 11.1 Å². The van der Waals surface area contributed by atoms with E-state index in [-0.39, 0.29) is 11.8 Å². The second-order valence-electron chi connectivity index (χ2n) is 3.69. The molecule has 1 amide bonds. The molecule has 1 unspecified atom stereocenters. The maximum atomic E-state index is 11.2. The Hall–Kier alpha value is -0.570. The third-order valence-corrected chi connectivity index (χ3v) is 1.58. The van der Waals surface area contributed by atoms with Crippen LogP contribution in [0.25, 0.3) is 0 Å². The lowest BCUT2D eigenvalue weighted by Crippen LogP contribution is -2.43. The zero-order valence-corrected chi connectivity index (χ0v) is 8.29.